The van der Waals surface area contributed by atoms with Gasteiger partial charge in [-0.3, -0.25) is 4.90 Å². The van der Waals surface area contributed by atoms with E-state index in [0.29, 0.717) is 30.2 Å². The average Bonchev–Trinajstić information content (AvgIpc) is 3.46. The molecule has 0 bridgehead atoms. The Bertz CT molecular complexity index is 1150. The van der Waals surface area contributed by atoms with Crippen molar-refractivity contribution in [2.75, 3.05) is 26.3 Å². The SMILES string of the molecule is CC(C)Oc1ccc(-c2nc(-c3cccc4c3CC[C@@H]4N(CCO)CCO)ns2)cc1C#N. The van der Waals surface area contributed by atoms with E-state index in [1.807, 2.05) is 32.0 Å². The van der Waals surface area contributed by atoms with Crippen molar-refractivity contribution in [3.63, 3.8) is 0 Å². The minimum absolute atomic E-state index is 0.00855. The van der Waals surface area contributed by atoms with Gasteiger partial charge in [0.05, 0.1) is 24.9 Å². The molecule has 0 spiro atoms. The molecule has 3 aromatic rings. The molecule has 33 heavy (non-hydrogen) atoms. The van der Waals surface area contributed by atoms with Gasteiger partial charge in [0, 0.05) is 30.3 Å². The molecular weight excluding hydrogens is 436 g/mol. The van der Waals surface area contributed by atoms with Crippen molar-refractivity contribution in [3.05, 3.63) is 53.1 Å². The van der Waals surface area contributed by atoms with Crippen molar-refractivity contribution in [1.82, 2.24) is 14.3 Å². The van der Waals surface area contributed by atoms with E-state index in [1.54, 1.807) is 6.07 Å². The number of fused-ring (bicyclic) bond motifs is 1. The van der Waals surface area contributed by atoms with Gasteiger partial charge in [0.2, 0.25) is 0 Å². The summed E-state index contributed by atoms with van der Waals surface area (Å²) in [6.45, 7) is 5.06. The van der Waals surface area contributed by atoms with E-state index < -0.39 is 0 Å². The Hall–Kier alpha value is -2.83. The van der Waals surface area contributed by atoms with Crippen LogP contribution in [0.3, 0.4) is 0 Å². The number of aliphatic hydroxyl groups excluding tert-OH is 2. The van der Waals surface area contributed by atoms with Gasteiger partial charge in [-0.2, -0.15) is 9.64 Å². The molecule has 0 amide bonds. The molecule has 2 aromatic carbocycles. The van der Waals surface area contributed by atoms with Crippen LogP contribution in [-0.2, 0) is 6.42 Å². The molecule has 0 saturated heterocycles. The second-order valence-electron chi connectivity index (χ2n) is 8.32. The van der Waals surface area contributed by atoms with E-state index >= 15 is 0 Å². The Morgan fingerprint density at radius 3 is 2.70 bits per heavy atom. The lowest BCUT2D eigenvalue weighted by Crippen LogP contribution is -2.32. The van der Waals surface area contributed by atoms with Crippen LogP contribution in [-0.4, -0.2) is 56.9 Å². The molecule has 0 saturated carbocycles. The van der Waals surface area contributed by atoms with Crippen LogP contribution in [0.4, 0.5) is 0 Å². The van der Waals surface area contributed by atoms with Crippen molar-refractivity contribution >= 4 is 11.5 Å². The third-order valence-electron chi connectivity index (χ3n) is 5.83. The van der Waals surface area contributed by atoms with Crippen LogP contribution < -0.4 is 4.74 Å². The number of hydrogen-bond donors (Lipinski definition) is 2. The van der Waals surface area contributed by atoms with Crippen molar-refractivity contribution in [2.45, 2.75) is 38.8 Å². The largest absolute Gasteiger partial charge is 0.490 e. The van der Waals surface area contributed by atoms with E-state index in [4.69, 9.17) is 9.72 Å². The van der Waals surface area contributed by atoms with Crippen molar-refractivity contribution in [1.29, 1.82) is 5.26 Å². The summed E-state index contributed by atoms with van der Waals surface area (Å²) in [5.74, 6) is 1.26. The van der Waals surface area contributed by atoms with Crippen molar-refractivity contribution in [3.8, 4) is 33.8 Å². The lowest BCUT2D eigenvalue weighted by molar-refractivity contribution is 0.121. The molecule has 1 atom stereocenters. The van der Waals surface area contributed by atoms with Gasteiger partial charge in [0.25, 0.3) is 0 Å². The van der Waals surface area contributed by atoms with Crippen molar-refractivity contribution < 1.29 is 14.9 Å². The van der Waals surface area contributed by atoms with Gasteiger partial charge >= 0.3 is 0 Å². The fourth-order valence-corrected chi connectivity index (χ4v) is 5.13. The topological polar surface area (TPSA) is 102 Å². The lowest BCUT2D eigenvalue weighted by atomic mass is 10.0. The molecule has 1 aliphatic rings. The standard InChI is InChI=1S/C25H28N4O3S/c1-16(2)32-23-9-6-17(14-18(23)15-26)25-27-24(28-33-25)21-5-3-4-20-19(21)7-8-22(20)29(10-12-30)11-13-31/h3-6,9,14,16,22,30-31H,7-8,10-13H2,1-2H3/t22-/m0/s1. The number of aromatic nitrogens is 2. The van der Waals surface area contributed by atoms with Crippen LogP contribution >= 0.6 is 11.5 Å². The van der Waals surface area contributed by atoms with Gasteiger partial charge in [0.1, 0.15) is 16.8 Å². The maximum absolute atomic E-state index is 9.54. The zero-order valence-electron chi connectivity index (χ0n) is 18.9. The Kier molecular flexibility index (Phi) is 7.36. The molecule has 0 aliphatic heterocycles. The Morgan fingerprint density at radius 1 is 1.21 bits per heavy atom. The fraction of sp³-hybridized carbons (Fsp3) is 0.400. The summed E-state index contributed by atoms with van der Waals surface area (Å²) >= 11 is 1.32. The molecule has 2 N–H and O–H groups in total. The maximum atomic E-state index is 9.54. The first kappa shape index (κ1) is 23.3. The van der Waals surface area contributed by atoms with Crippen LogP contribution in [0.2, 0.25) is 0 Å². The number of nitrogens with zero attached hydrogens (tertiary/aromatic N) is 4. The van der Waals surface area contributed by atoms with E-state index in [9.17, 15) is 15.5 Å². The van der Waals surface area contributed by atoms with Gasteiger partial charge in [-0.1, -0.05) is 18.2 Å². The van der Waals surface area contributed by atoms with Crippen LogP contribution in [0.5, 0.6) is 5.75 Å². The highest BCUT2D eigenvalue weighted by atomic mass is 32.1. The number of rotatable bonds is 9. The summed E-state index contributed by atoms with van der Waals surface area (Å²) < 4.78 is 10.4. The van der Waals surface area contributed by atoms with Gasteiger partial charge < -0.3 is 14.9 Å². The normalized spacial score (nSPS) is 15.1. The number of aliphatic hydroxyl groups is 2. The highest BCUT2D eigenvalue weighted by Gasteiger charge is 2.30. The summed E-state index contributed by atoms with van der Waals surface area (Å²) in [7, 11) is 0. The maximum Gasteiger partial charge on any atom is 0.173 e. The Morgan fingerprint density at radius 2 is 2.00 bits per heavy atom. The first-order valence-corrected chi connectivity index (χ1v) is 12.0. The third-order valence-corrected chi connectivity index (χ3v) is 6.59. The summed E-state index contributed by atoms with van der Waals surface area (Å²) in [6, 6.07) is 14.1. The molecule has 4 rings (SSSR count). The molecule has 0 fully saturated rings. The predicted octanol–water partition coefficient (Wildman–Crippen LogP) is 3.80. The van der Waals surface area contributed by atoms with Crippen molar-refractivity contribution in [2.24, 2.45) is 0 Å². The van der Waals surface area contributed by atoms with Crippen LogP contribution in [0, 0.1) is 11.3 Å². The quantitative estimate of drug-likeness (QED) is 0.496. The third kappa shape index (κ3) is 4.92. The highest BCUT2D eigenvalue weighted by Crippen LogP contribution is 2.40. The minimum Gasteiger partial charge on any atom is -0.490 e. The van der Waals surface area contributed by atoms with E-state index in [2.05, 4.69) is 27.5 Å². The molecule has 1 heterocycles. The number of ether oxygens (including phenoxy) is 1. The zero-order chi connectivity index (χ0) is 23.4. The minimum atomic E-state index is -0.00855. The Balaban J connectivity index is 1.64. The first-order chi connectivity index (χ1) is 16.0. The van der Waals surface area contributed by atoms with Crippen LogP contribution in [0.1, 0.15) is 43.0 Å². The number of benzene rings is 2. The molecule has 1 aliphatic carbocycles. The molecule has 0 radical (unpaired) electrons. The lowest BCUT2D eigenvalue weighted by Gasteiger charge is -2.28. The smallest absolute Gasteiger partial charge is 0.173 e. The van der Waals surface area contributed by atoms with Crippen LogP contribution in [0.15, 0.2) is 36.4 Å². The van der Waals surface area contributed by atoms with E-state index in [0.717, 1.165) is 29.0 Å². The second kappa shape index (κ2) is 10.4. The average molecular weight is 465 g/mol. The summed E-state index contributed by atoms with van der Waals surface area (Å²) in [4.78, 5) is 6.94. The molecular formula is C25H28N4O3S. The molecule has 7 nitrogen and oxygen atoms in total. The number of nitriles is 1. The molecule has 172 valence electrons. The molecule has 0 unspecified atom stereocenters. The van der Waals surface area contributed by atoms with Crippen LogP contribution in [0.25, 0.3) is 22.0 Å². The first-order valence-electron chi connectivity index (χ1n) is 11.2. The fourth-order valence-electron chi connectivity index (χ4n) is 4.46. The predicted molar refractivity (Wildman–Crippen MR) is 128 cm³/mol. The Labute approximate surface area is 198 Å². The molecule has 1 aromatic heterocycles. The van der Waals surface area contributed by atoms with Gasteiger partial charge in [-0.05, 0) is 67.5 Å². The van der Waals surface area contributed by atoms with Gasteiger partial charge in [-0.15, -0.1) is 0 Å². The summed E-state index contributed by atoms with van der Waals surface area (Å²) in [6.07, 6.45) is 1.83. The highest BCUT2D eigenvalue weighted by molar-refractivity contribution is 7.09. The summed E-state index contributed by atoms with van der Waals surface area (Å²) in [5.41, 5.74) is 4.78. The van der Waals surface area contributed by atoms with Gasteiger partial charge in [-0.25, -0.2) is 4.98 Å². The van der Waals surface area contributed by atoms with Gasteiger partial charge in [0.15, 0.2) is 5.82 Å². The van der Waals surface area contributed by atoms with E-state index in [1.165, 1.54) is 22.7 Å². The zero-order valence-corrected chi connectivity index (χ0v) is 19.7. The monoisotopic (exact) mass is 464 g/mol. The second-order valence-corrected chi connectivity index (χ2v) is 9.08. The van der Waals surface area contributed by atoms with E-state index in [-0.39, 0.29) is 25.4 Å². The summed E-state index contributed by atoms with van der Waals surface area (Å²) in [5, 5.41) is 29.2. The number of hydrogen-bond acceptors (Lipinski definition) is 8. The molecule has 8 heteroatoms.